The van der Waals surface area contributed by atoms with Crippen LogP contribution >= 0.6 is 12.4 Å². The summed E-state index contributed by atoms with van der Waals surface area (Å²) in [5.41, 5.74) is 0. The van der Waals surface area contributed by atoms with E-state index in [4.69, 9.17) is 9.47 Å². The summed E-state index contributed by atoms with van der Waals surface area (Å²) in [6, 6.07) is 13.8. The zero-order chi connectivity index (χ0) is 14.2. The van der Waals surface area contributed by atoms with Crippen molar-refractivity contribution in [1.29, 1.82) is 0 Å². The van der Waals surface area contributed by atoms with Crippen molar-refractivity contribution in [3.8, 4) is 11.5 Å². The SMILES string of the molecule is COc1ccc2cc(OC3C[C@H]4CC[C@@H](C3)N4)ccc2c1.Cl. The zero-order valence-electron chi connectivity index (χ0n) is 12.7. The van der Waals surface area contributed by atoms with E-state index in [0.29, 0.717) is 18.2 Å². The minimum absolute atomic E-state index is 0. The molecule has 2 aromatic carbocycles. The number of rotatable bonds is 3. The van der Waals surface area contributed by atoms with Crippen molar-refractivity contribution in [1.82, 2.24) is 5.32 Å². The lowest BCUT2D eigenvalue weighted by Gasteiger charge is -2.29. The Morgan fingerprint density at radius 2 is 1.50 bits per heavy atom. The van der Waals surface area contributed by atoms with Crippen LogP contribution in [0.1, 0.15) is 25.7 Å². The number of fused-ring (bicyclic) bond motifs is 3. The summed E-state index contributed by atoms with van der Waals surface area (Å²) in [7, 11) is 1.70. The molecule has 4 rings (SSSR count). The summed E-state index contributed by atoms with van der Waals surface area (Å²) in [5, 5.41) is 6.04. The van der Waals surface area contributed by atoms with Crippen molar-refractivity contribution >= 4 is 23.2 Å². The van der Waals surface area contributed by atoms with E-state index >= 15 is 0 Å². The molecule has 0 amide bonds. The highest BCUT2D eigenvalue weighted by Gasteiger charge is 2.34. The second kappa shape index (κ2) is 6.35. The van der Waals surface area contributed by atoms with Crippen LogP contribution < -0.4 is 14.8 Å². The summed E-state index contributed by atoms with van der Waals surface area (Å²) in [6.45, 7) is 0. The Kier molecular flexibility index (Phi) is 4.46. The van der Waals surface area contributed by atoms with Crippen molar-refractivity contribution in [3.05, 3.63) is 36.4 Å². The number of nitrogens with one attached hydrogen (secondary N) is 1. The van der Waals surface area contributed by atoms with E-state index in [2.05, 4.69) is 35.6 Å². The second-order valence-corrected chi connectivity index (χ2v) is 6.22. The minimum atomic E-state index is 0. The van der Waals surface area contributed by atoms with Gasteiger partial charge in [0.1, 0.15) is 17.6 Å². The lowest BCUT2D eigenvalue weighted by molar-refractivity contribution is 0.137. The van der Waals surface area contributed by atoms with Crippen LogP contribution in [-0.4, -0.2) is 25.3 Å². The van der Waals surface area contributed by atoms with Gasteiger partial charge in [-0.25, -0.2) is 0 Å². The molecule has 2 heterocycles. The predicted molar refractivity (Wildman–Crippen MR) is 91.3 cm³/mol. The van der Waals surface area contributed by atoms with E-state index in [1.54, 1.807) is 7.11 Å². The molecule has 2 aliphatic heterocycles. The third-order valence-corrected chi connectivity index (χ3v) is 4.75. The molecule has 3 atom stereocenters. The third-order valence-electron chi connectivity index (χ3n) is 4.75. The molecule has 0 spiro atoms. The normalized spacial score (nSPS) is 26.5. The first-order chi connectivity index (χ1) is 10.3. The van der Waals surface area contributed by atoms with E-state index in [1.807, 2.05) is 6.07 Å². The summed E-state index contributed by atoms with van der Waals surface area (Å²) in [6.07, 6.45) is 5.25. The first-order valence-corrected chi connectivity index (χ1v) is 7.81. The van der Waals surface area contributed by atoms with Gasteiger partial charge in [0.05, 0.1) is 7.11 Å². The van der Waals surface area contributed by atoms with Crippen LogP contribution in [0.3, 0.4) is 0 Å². The van der Waals surface area contributed by atoms with Gasteiger partial charge in [0, 0.05) is 12.1 Å². The van der Waals surface area contributed by atoms with Crippen molar-refractivity contribution in [2.75, 3.05) is 7.11 Å². The van der Waals surface area contributed by atoms with Crippen LogP contribution in [0.5, 0.6) is 11.5 Å². The van der Waals surface area contributed by atoms with E-state index in [1.165, 1.54) is 23.6 Å². The number of piperidine rings is 1. The topological polar surface area (TPSA) is 30.5 Å². The molecule has 1 N–H and O–H groups in total. The second-order valence-electron chi connectivity index (χ2n) is 6.22. The maximum absolute atomic E-state index is 6.23. The average molecular weight is 320 g/mol. The Balaban J connectivity index is 0.00000144. The van der Waals surface area contributed by atoms with E-state index in [9.17, 15) is 0 Å². The van der Waals surface area contributed by atoms with Gasteiger partial charge in [-0.15, -0.1) is 12.4 Å². The average Bonchev–Trinajstić information content (AvgIpc) is 2.85. The molecule has 0 radical (unpaired) electrons. The Morgan fingerprint density at radius 3 is 2.14 bits per heavy atom. The highest BCUT2D eigenvalue weighted by molar-refractivity contribution is 5.85. The van der Waals surface area contributed by atoms with E-state index < -0.39 is 0 Å². The van der Waals surface area contributed by atoms with E-state index in [0.717, 1.165) is 24.3 Å². The van der Waals surface area contributed by atoms with Gasteiger partial charge in [-0.05, 0) is 60.7 Å². The van der Waals surface area contributed by atoms with Crippen molar-refractivity contribution < 1.29 is 9.47 Å². The van der Waals surface area contributed by atoms with Gasteiger partial charge in [0.25, 0.3) is 0 Å². The maximum Gasteiger partial charge on any atom is 0.120 e. The molecule has 0 saturated carbocycles. The summed E-state index contributed by atoms with van der Waals surface area (Å²) >= 11 is 0. The Labute approximate surface area is 137 Å². The van der Waals surface area contributed by atoms with Crippen LogP contribution in [0.25, 0.3) is 10.8 Å². The zero-order valence-corrected chi connectivity index (χ0v) is 13.6. The largest absolute Gasteiger partial charge is 0.497 e. The van der Waals surface area contributed by atoms with Gasteiger partial charge in [-0.3, -0.25) is 0 Å². The first-order valence-electron chi connectivity index (χ1n) is 7.81. The monoisotopic (exact) mass is 319 g/mol. The molecule has 0 aromatic heterocycles. The standard InChI is InChI=1S/C18H21NO2.ClH/c1-20-16-6-2-13-9-17(7-3-12(13)8-16)21-18-10-14-4-5-15(11-18)19-14;/h2-3,6-9,14-15,18-19H,4-5,10-11H2,1H3;1H/t14-,15+,18?;. The number of hydrogen-bond donors (Lipinski definition) is 1. The quantitative estimate of drug-likeness (QED) is 0.929. The van der Waals surface area contributed by atoms with Crippen LogP contribution in [-0.2, 0) is 0 Å². The molecule has 118 valence electrons. The Bertz CT molecular complexity index is 649. The maximum atomic E-state index is 6.23. The molecule has 3 nitrogen and oxygen atoms in total. The molecule has 2 aromatic rings. The fourth-order valence-corrected chi connectivity index (χ4v) is 3.70. The Morgan fingerprint density at radius 1 is 0.909 bits per heavy atom. The molecule has 22 heavy (non-hydrogen) atoms. The van der Waals surface area contributed by atoms with Gasteiger partial charge < -0.3 is 14.8 Å². The summed E-state index contributed by atoms with van der Waals surface area (Å²) in [5.74, 6) is 1.88. The number of methoxy groups -OCH3 is 1. The molecular weight excluding hydrogens is 298 g/mol. The molecular formula is C18H22ClNO2. The van der Waals surface area contributed by atoms with Crippen molar-refractivity contribution in [2.24, 2.45) is 0 Å². The smallest absolute Gasteiger partial charge is 0.120 e. The third kappa shape index (κ3) is 3.01. The molecule has 2 bridgehead atoms. The molecule has 4 heteroatoms. The highest BCUT2D eigenvalue weighted by atomic mass is 35.5. The highest BCUT2D eigenvalue weighted by Crippen LogP contribution is 2.31. The predicted octanol–water partition coefficient (Wildman–Crippen LogP) is 3.93. The minimum Gasteiger partial charge on any atom is -0.497 e. The lowest BCUT2D eigenvalue weighted by atomic mass is 10.0. The first kappa shape index (κ1) is 15.4. The molecule has 0 aliphatic carbocycles. The summed E-state index contributed by atoms with van der Waals surface area (Å²) < 4.78 is 11.5. The van der Waals surface area contributed by atoms with Crippen LogP contribution in [0.2, 0.25) is 0 Å². The van der Waals surface area contributed by atoms with Gasteiger partial charge in [0.15, 0.2) is 0 Å². The van der Waals surface area contributed by atoms with Gasteiger partial charge >= 0.3 is 0 Å². The van der Waals surface area contributed by atoms with Crippen molar-refractivity contribution in [3.63, 3.8) is 0 Å². The number of halogens is 1. The number of hydrogen-bond acceptors (Lipinski definition) is 3. The molecule has 1 unspecified atom stereocenters. The van der Waals surface area contributed by atoms with E-state index in [-0.39, 0.29) is 12.4 Å². The lowest BCUT2D eigenvalue weighted by Crippen LogP contribution is -2.42. The van der Waals surface area contributed by atoms with Gasteiger partial charge in [0.2, 0.25) is 0 Å². The number of benzene rings is 2. The molecule has 2 saturated heterocycles. The van der Waals surface area contributed by atoms with Gasteiger partial charge in [-0.2, -0.15) is 0 Å². The fourth-order valence-electron chi connectivity index (χ4n) is 3.70. The van der Waals surface area contributed by atoms with Crippen molar-refractivity contribution in [2.45, 2.75) is 43.9 Å². The molecule has 2 aliphatic rings. The van der Waals surface area contributed by atoms with Gasteiger partial charge in [-0.1, -0.05) is 12.1 Å². The number of ether oxygens (including phenoxy) is 2. The van der Waals surface area contributed by atoms with Crippen LogP contribution in [0.4, 0.5) is 0 Å². The fraction of sp³-hybridized carbons (Fsp3) is 0.444. The van der Waals surface area contributed by atoms with Crippen LogP contribution in [0, 0.1) is 0 Å². The molecule has 2 fully saturated rings. The van der Waals surface area contributed by atoms with Crippen LogP contribution in [0.15, 0.2) is 36.4 Å². The summed E-state index contributed by atoms with van der Waals surface area (Å²) in [4.78, 5) is 0. The Hall–Kier alpha value is -1.45.